The average molecular weight is 492 g/mol. The smallest absolute Gasteiger partial charge is 0.410 e. The number of carbonyl (C=O) groups excluding carboxylic acids is 2. The van der Waals surface area contributed by atoms with Gasteiger partial charge in [-0.25, -0.2) is 18.0 Å². The molecule has 0 aromatic heterocycles. The summed E-state index contributed by atoms with van der Waals surface area (Å²) in [5.74, 6) is -3.61. The zero-order valence-corrected chi connectivity index (χ0v) is 20.3. The Hall–Kier alpha value is -3.07. The number of benzene rings is 2. The van der Waals surface area contributed by atoms with E-state index in [0.717, 1.165) is 11.6 Å². The second kappa shape index (κ2) is 11.1. The van der Waals surface area contributed by atoms with Crippen molar-refractivity contribution >= 4 is 12.0 Å². The highest BCUT2D eigenvalue weighted by Crippen LogP contribution is 2.25. The lowest BCUT2D eigenvalue weighted by molar-refractivity contribution is -0.136. The lowest BCUT2D eigenvalue weighted by Crippen LogP contribution is -2.55. The van der Waals surface area contributed by atoms with Crippen LogP contribution in [0.4, 0.5) is 18.0 Å². The summed E-state index contributed by atoms with van der Waals surface area (Å²) in [4.78, 5) is 28.8. The van der Waals surface area contributed by atoms with Crippen LogP contribution in [0, 0.1) is 22.9 Å². The predicted octanol–water partition coefficient (Wildman–Crippen LogP) is 4.61. The Kier molecular flexibility index (Phi) is 8.43. The minimum atomic E-state index is -1.30. The summed E-state index contributed by atoms with van der Waals surface area (Å²) < 4.78 is 47.1. The molecule has 1 saturated heterocycles. The summed E-state index contributed by atoms with van der Waals surface area (Å²) in [5.41, 5.74) is 6.34. The standard InChI is InChI=1S/C26H32F3N3O3/c1-26(2,3)23(30)24(33)31-11-9-19(10-12-31)32(15-18-13-21(28)22(29)14-20(18)27)25(34)35-16-17-7-5-4-6-8-17/h4-8,13-14,19,23H,9-12,15-16,30H2,1-3H3/t23-/m1/s1. The van der Waals surface area contributed by atoms with Crippen molar-refractivity contribution < 1.29 is 27.5 Å². The fourth-order valence-electron chi connectivity index (χ4n) is 3.98. The predicted molar refractivity (Wildman–Crippen MR) is 126 cm³/mol. The molecule has 35 heavy (non-hydrogen) atoms. The summed E-state index contributed by atoms with van der Waals surface area (Å²) in [6.07, 6.45) is 0.122. The van der Waals surface area contributed by atoms with Crippen LogP contribution in [0.1, 0.15) is 44.7 Å². The van der Waals surface area contributed by atoms with Crippen LogP contribution < -0.4 is 5.73 Å². The molecule has 1 atom stereocenters. The maximum Gasteiger partial charge on any atom is 0.410 e. The van der Waals surface area contributed by atoms with E-state index in [1.165, 1.54) is 4.90 Å². The normalized spacial score (nSPS) is 15.6. The minimum absolute atomic E-state index is 0.00814. The quantitative estimate of drug-likeness (QED) is 0.599. The van der Waals surface area contributed by atoms with Gasteiger partial charge < -0.3 is 20.3 Å². The van der Waals surface area contributed by atoms with Crippen LogP contribution in [0.2, 0.25) is 0 Å². The molecule has 2 amide bonds. The lowest BCUT2D eigenvalue weighted by Gasteiger charge is -2.40. The van der Waals surface area contributed by atoms with Gasteiger partial charge >= 0.3 is 6.09 Å². The largest absolute Gasteiger partial charge is 0.445 e. The van der Waals surface area contributed by atoms with Crippen molar-refractivity contribution in [2.24, 2.45) is 11.1 Å². The third kappa shape index (κ3) is 6.75. The van der Waals surface area contributed by atoms with Crippen LogP contribution in [0.15, 0.2) is 42.5 Å². The van der Waals surface area contributed by atoms with E-state index in [-0.39, 0.29) is 30.7 Å². The Bertz CT molecular complexity index is 1040. The third-order valence-corrected chi connectivity index (χ3v) is 6.29. The summed E-state index contributed by atoms with van der Waals surface area (Å²) in [7, 11) is 0. The van der Waals surface area contributed by atoms with Gasteiger partial charge in [0.25, 0.3) is 0 Å². The molecule has 190 valence electrons. The molecule has 0 bridgehead atoms. The van der Waals surface area contributed by atoms with E-state index in [4.69, 9.17) is 10.5 Å². The summed E-state index contributed by atoms with van der Waals surface area (Å²) in [5, 5.41) is 0. The molecule has 2 aromatic carbocycles. The van der Waals surface area contributed by atoms with Crippen molar-refractivity contribution in [3.63, 3.8) is 0 Å². The van der Waals surface area contributed by atoms with Gasteiger partial charge in [0, 0.05) is 30.8 Å². The first-order valence-corrected chi connectivity index (χ1v) is 11.6. The fourth-order valence-corrected chi connectivity index (χ4v) is 3.98. The monoisotopic (exact) mass is 491 g/mol. The number of nitrogens with two attached hydrogens (primary N) is 1. The first-order chi connectivity index (χ1) is 16.5. The van der Waals surface area contributed by atoms with Crippen molar-refractivity contribution in [3.8, 4) is 0 Å². The number of hydrogen-bond donors (Lipinski definition) is 1. The van der Waals surface area contributed by atoms with Crippen molar-refractivity contribution in [2.75, 3.05) is 13.1 Å². The fraction of sp³-hybridized carbons (Fsp3) is 0.462. The third-order valence-electron chi connectivity index (χ3n) is 6.29. The summed E-state index contributed by atoms with van der Waals surface area (Å²) >= 11 is 0. The minimum Gasteiger partial charge on any atom is -0.445 e. The number of rotatable bonds is 6. The van der Waals surface area contributed by atoms with E-state index >= 15 is 0 Å². The highest BCUT2D eigenvalue weighted by atomic mass is 19.2. The van der Waals surface area contributed by atoms with Crippen molar-refractivity contribution in [2.45, 2.75) is 58.8 Å². The van der Waals surface area contributed by atoms with E-state index < -0.39 is 35.0 Å². The maximum atomic E-state index is 14.4. The Morgan fingerprint density at radius 3 is 2.26 bits per heavy atom. The van der Waals surface area contributed by atoms with Gasteiger partial charge in [0.05, 0.1) is 12.6 Å². The first kappa shape index (κ1) is 26.5. The zero-order valence-electron chi connectivity index (χ0n) is 20.3. The molecular formula is C26H32F3N3O3. The lowest BCUT2D eigenvalue weighted by atomic mass is 9.86. The van der Waals surface area contributed by atoms with Crippen LogP contribution >= 0.6 is 0 Å². The highest BCUT2D eigenvalue weighted by molar-refractivity contribution is 5.82. The Labute approximate surface area is 203 Å². The van der Waals surface area contributed by atoms with Crippen molar-refractivity contribution in [3.05, 3.63) is 71.0 Å². The maximum absolute atomic E-state index is 14.4. The number of hydrogen-bond acceptors (Lipinski definition) is 4. The molecule has 9 heteroatoms. The van der Waals surface area contributed by atoms with Gasteiger partial charge in [0.2, 0.25) is 5.91 Å². The van der Waals surface area contributed by atoms with Gasteiger partial charge in [-0.15, -0.1) is 0 Å². The van der Waals surface area contributed by atoms with Gasteiger partial charge in [-0.1, -0.05) is 51.1 Å². The van der Waals surface area contributed by atoms with E-state index in [9.17, 15) is 22.8 Å². The summed E-state index contributed by atoms with van der Waals surface area (Å²) in [6.45, 7) is 6.10. The van der Waals surface area contributed by atoms with Gasteiger partial charge in [-0.2, -0.15) is 0 Å². The molecule has 1 heterocycles. The Morgan fingerprint density at radius 1 is 1.06 bits per heavy atom. The molecule has 6 nitrogen and oxygen atoms in total. The molecule has 1 fully saturated rings. The molecule has 3 rings (SSSR count). The van der Waals surface area contributed by atoms with Gasteiger partial charge in [0.1, 0.15) is 12.4 Å². The molecule has 1 aliphatic heterocycles. The van der Waals surface area contributed by atoms with Crippen molar-refractivity contribution in [1.82, 2.24) is 9.80 Å². The molecule has 0 aliphatic carbocycles. The average Bonchev–Trinajstić information content (AvgIpc) is 2.83. The first-order valence-electron chi connectivity index (χ1n) is 11.6. The van der Waals surface area contributed by atoms with Gasteiger partial charge in [0.15, 0.2) is 11.6 Å². The highest BCUT2D eigenvalue weighted by Gasteiger charge is 2.35. The topological polar surface area (TPSA) is 75.9 Å². The number of nitrogens with zero attached hydrogens (tertiary/aromatic N) is 2. The Balaban J connectivity index is 1.75. The van der Waals surface area contributed by atoms with Crippen LogP contribution in [0.25, 0.3) is 0 Å². The Morgan fingerprint density at radius 2 is 1.66 bits per heavy atom. The second-order valence-corrected chi connectivity index (χ2v) is 9.93. The molecule has 2 N–H and O–H groups in total. The van der Waals surface area contributed by atoms with Gasteiger partial charge in [-0.3, -0.25) is 4.79 Å². The second-order valence-electron chi connectivity index (χ2n) is 9.93. The molecule has 0 unspecified atom stereocenters. The van der Waals surface area contributed by atoms with Crippen LogP contribution in [0.5, 0.6) is 0 Å². The molecule has 2 aromatic rings. The zero-order chi connectivity index (χ0) is 25.8. The van der Waals surface area contributed by atoms with E-state index in [2.05, 4.69) is 0 Å². The number of amides is 2. The van der Waals surface area contributed by atoms with Crippen LogP contribution in [-0.4, -0.2) is 47.0 Å². The van der Waals surface area contributed by atoms with E-state index in [0.29, 0.717) is 32.0 Å². The molecular weight excluding hydrogens is 459 g/mol. The molecule has 1 aliphatic rings. The molecule has 0 radical (unpaired) electrons. The molecule has 0 spiro atoms. The van der Waals surface area contributed by atoms with E-state index in [1.54, 1.807) is 17.0 Å². The van der Waals surface area contributed by atoms with Crippen LogP contribution in [0.3, 0.4) is 0 Å². The number of piperidine rings is 1. The van der Waals surface area contributed by atoms with Gasteiger partial charge in [-0.05, 0) is 29.9 Å². The van der Waals surface area contributed by atoms with Crippen molar-refractivity contribution in [1.29, 1.82) is 0 Å². The molecule has 0 saturated carbocycles. The summed E-state index contributed by atoms with van der Waals surface area (Å²) in [6, 6.07) is 9.23. The number of halogens is 3. The van der Waals surface area contributed by atoms with Crippen LogP contribution in [-0.2, 0) is 22.7 Å². The number of likely N-dealkylation sites (tertiary alicyclic amines) is 1. The number of carbonyl (C=O) groups is 2. The van der Waals surface area contributed by atoms with E-state index in [1.807, 2.05) is 39.0 Å². The number of ether oxygens (including phenoxy) is 1. The SMILES string of the molecule is CC(C)(C)[C@H](N)C(=O)N1CCC(N(Cc2cc(F)c(F)cc2F)C(=O)OCc2ccccc2)CC1.